The van der Waals surface area contributed by atoms with Crippen LogP contribution in [0.15, 0.2) is 35.9 Å². The number of halogens is 1. The summed E-state index contributed by atoms with van der Waals surface area (Å²) in [5.41, 5.74) is 2.25. The van der Waals surface area contributed by atoms with E-state index in [1.807, 2.05) is 19.1 Å². The first-order valence-electron chi connectivity index (χ1n) is 7.21. The Bertz CT molecular complexity index is 452. The van der Waals surface area contributed by atoms with E-state index in [1.165, 1.54) is 24.5 Å². The van der Waals surface area contributed by atoms with Crippen LogP contribution in [0.5, 0.6) is 0 Å². The van der Waals surface area contributed by atoms with Gasteiger partial charge in [0.1, 0.15) is 5.82 Å². The molecule has 2 heteroatoms. The van der Waals surface area contributed by atoms with E-state index in [2.05, 4.69) is 25.2 Å². The first-order valence-corrected chi connectivity index (χ1v) is 7.21. The van der Waals surface area contributed by atoms with Crippen molar-refractivity contribution in [3.63, 3.8) is 0 Å². The molecular formula is C17H24FN. The lowest BCUT2D eigenvalue weighted by molar-refractivity contribution is 0.364. The molecular weight excluding hydrogens is 237 g/mol. The first-order chi connectivity index (χ1) is 9.06. The van der Waals surface area contributed by atoms with E-state index in [4.69, 9.17) is 0 Å². The van der Waals surface area contributed by atoms with E-state index in [1.54, 1.807) is 6.07 Å². The van der Waals surface area contributed by atoms with Gasteiger partial charge in [-0.3, -0.25) is 0 Å². The average molecular weight is 261 g/mol. The van der Waals surface area contributed by atoms with Crippen molar-refractivity contribution in [2.75, 3.05) is 6.54 Å². The molecule has 0 saturated heterocycles. The molecule has 0 fully saturated rings. The highest BCUT2D eigenvalue weighted by molar-refractivity contribution is 5.20. The summed E-state index contributed by atoms with van der Waals surface area (Å²) >= 11 is 0. The van der Waals surface area contributed by atoms with Gasteiger partial charge in [0.2, 0.25) is 0 Å². The summed E-state index contributed by atoms with van der Waals surface area (Å²) < 4.78 is 13.7. The monoisotopic (exact) mass is 261 g/mol. The lowest BCUT2D eigenvalue weighted by Crippen LogP contribution is -2.28. The van der Waals surface area contributed by atoms with Gasteiger partial charge in [0.15, 0.2) is 0 Å². The molecule has 0 heterocycles. The highest BCUT2D eigenvalue weighted by Gasteiger charge is 2.19. The highest BCUT2D eigenvalue weighted by atomic mass is 19.1. The minimum absolute atomic E-state index is 0.0720. The SMILES string of the molecule is CC1=CC(C)CC(CN[C@H](C)c2ccccc2F)C1. The van der Waals surface area contributed by atoms with E-state index in [0.717, 1.165) is 12.1 Å². The molecule has 0 saturated carbocycles. The molecule has 0 aromatic heterocycles. The van der Waals surface area contributed by atoms with E-state index in [0.29, 0.717) is 11.8 Å². The van der Waals surface area contributed by atoms with Crippen LogP contribution >= 0.6 is 0 Å². The summed E-state index contributed by atoms with van der Waals surface area (Å²) in [5.74, 6) is 1.23. The van der Waals surface area contributed by atoms with Crippen molar-refractivity contribution >= 4 is 0 Å². The number of allylic oxidation sites excluding steroid dienone is 2. The smallest absolute Gasteiger partial charge is 0.127 e. The maximum absolute atomic E-state index is 13.7. The zero-order chi connectivity index (χ0) is 13.8. The number of hydrogen-bond donors (Lipinski definition) is 1. The van der Waals surface area contributed by atoms with Crippen LogP contribution in [0.4, 0.5) is 4.39 Å². The standard InChI is InChI=1S/C17H24FN/c1-12-8-13(2)10-15(9-12)11-19-14(3)16-6-4-5-7-17(16)18/h4-8,12,14-15,19H,9-11H2,1-3H3/t12?,14-,15?/m1/s1. The van der Waals surface area contributed by atoms with Gasteiger partial charge in [-0.05, 0) is 51.1 Å². The minimum atomic E-state index is -0.115. The summed E-state index contributed by atoms with van der Waals surface area (Å²) in [5, 5.41) is 3.48. The van der Waals surface area contributed by atoms with Crippen LogP contribution in [-0.2, 0) is 0 Å². The van der Waals surface area contributed by atoms with Crippen LogP contribution in [-0.4, -0.2) is 6.54 Å². The summed E-state index contributed by atoms with van der Waals surface area (Å²) in [4.78, 5) is 0. The number of benzene rings is 1. The molecule has 0 radical (unpaired) electrons. The second-order valence-electron chi connectivity index (χ2n) is 5.95. The van der Waals surface area contributed by atoms with Gasteiger partial charge in [-0.1, -0.05) is 36.8 Å². The molecule has 2 rings (SSSR count). The molecule has 3 atom stereocenters. The van der Waals surface area contributed by atoms with Crippen molar-refractivity contribution in [1.29, 1.82) is 0 Å². The fraction of sp³-hybridized carbons (Fsp3) is 0.529. The summed E-state index contributed by atoms with van der Waals surface area (Å²) in [6.45, 7) is 7.48. The maximum Gasteiger partial charge on any atom is 0.127 e. The van der Waals surface area contributed by atoms with Gasteiger partial charge in [-0.2, -0.15) is 0 Å². The third-order valence-corrected chi connectivity index (χ3v) is 3.97. The van der Waals surface area contributed by atoms with Gasteiger partial charge < -0.3 is 5.32 Å². The molecule has 0 amide bonds. The van der Waals surface area contributed by atoms with Crippen LogP contribution in [0.25, 0.3) is 0 Å². The molecule has 2 unspecified atom stereocenters. The molecule has 0 spiro atoms. The van der Waals surface area contributed by atoms with Crippen LogP contribution in [0.2, 0.25) is 0 Å². The second-order valence-corrected chi connectivity index (χ2v) is 5.95. The minimum Gasteiger partial charge on any atom is -0.310 e. The molecule has 1 aromatic carbocycles. The van der Waals surface area contributed by atoms with E-state index in [9.17, 15) is 4.39 Å². The van der Waals surface area contributed by atoms with Gasteiger partial charge in [0.05, 0.1) is 0 Å². The summed E-state index contributed by atoms with van der Waals surface area (Å²) in [7, 11) is 0. The van der Waals surface area contributed by atoms with Gasteiger partial charge in [0.25, 0.3) is 0 Å². The van der Waals surface area contributed by atoms with Crippen molar-refractivity contribution in [1.82, 2.24) is 5.32 Å². The van der Waals surface area contributed by atoms with Crippen molar-refractivity contribution in [3.8, 4) is 0 Å². The molecule has 1 aliphatic rings. The zero-order valence-electron chi connectivity index (χ0n) is 12.1. The quantitative estimate of drug-likeness (QED) is 0.789. The first kappa shape index (κ1) is 14.3. The summed E-state index contributed by atoms with van der Waals surface area (Å²) in [6, 6.07) is 7.10. The molecule has 0 aliphatic heterocycles. The largest absolute Gasteiger partial charge is 0.310 e. The topological polar surface area (TPSA) is 12.0 Å². The van der Waals surface area contributed by atoms with Crippen molar-refractivity contribution in [2.24, 2.45) is 11.8 Å². The van der Waals surface area contributed by atoms with Crippen LogP contribution in [0, 0.1) is 17.7 Å². The molecule has 1 aromatic rings. The predicted octanol–water partition coefficient (Wildman–Crippen LogP) is 4.47. The van der Waals surface area contributed by atoms with Crippen LogP contribution in [0.3, 0.4) is 0 Å². The third kappa shape index (κ3) is 3.90. The Kier molecular flexibility index (Phi) is 4.76. The fourth-order valence-electron chi connectivity index (χ4n) is 3.12. The Morgan fingerprint density at radius 2 is 2.11 bits per heavy atom. The lowest BCUT2D eigenvalue weighted by atomic mass is 9.83. The van der Waals surface area contributed by atoms with Crippen molar-refractivity contribution in [2.45, 2.75) is 39.7 Å². The molecule has 0 bridgehead atoms. The van der Waals surface area contributed by atoms with Crippen LogP contribution in [0.1, 0.15) is 45.2 Å². The van der Waals surface area contributed by atoms with Crippen LogP contribution < -0.4 is 5.32 Å². The number of rotatable bonds is 4. The average Bonchev–Trinajstić information content (AvgIpc) is 2.35. The summed E-state index contributed by atoms with van der Waals surface area (Å²) in [6.07, 6.45) is 4.77. The van der Waals surface area contributed by atoms with Crippen molar-refractivity contribution < 1.29 is 4.39 Å². The molecule has 1 N–H and O–H groups in total. The van der Waals surface area contributed by atoms with Gasteiger partial charge in [-0.25, -0.2) is 4.39 Å². The Labute approximate surface area is 115 Å². The lowest BCUT2D eigenvalue weighted by Gasteiger charge is -2.27. The zero-order valence-corrected chi connectivity index (χ0v) is 12.1. The normalized spacial score (nSPS) is 24.9. The van der Waals surface area contributed by atoms with E-state index >= 15 is 0 Å². The van der Waals surface area contributed by atoms with Gasteiger partial charge in [-0.15, -0.1) is 0 Å². The highest BCUT2D eigenvalue weighted by Crippen LogP contribution is 2.28. The Hall–Kier alpha value is -1.15. The Balaban J connectivity index is 1.89. The predicted molar refractivity (Wildman–Crippen MR) is 78.5 cm³/mol. The van der Waals surface area contributed by atoms with E-state index < -0.39 is 0 Å². The number of hydrogen-bond acceptors (Lipinski definition) is 1. The molecule has 1 nitrogen and oxygen atoms in total. The third-order valence-electron chi connectivity index (χ3n) is 3.97. The van der Waals surface area contributed by atoms with Crippen molar-refractivity contribution in [3.05, 3.63) is 47.3 Å². The molecule has 19 heavy (non-hydrogen) atoms. The number of nitrogens with one attached hydrogen (secondary N) is 1. The maximum atomic E-state index is 13.7. The Morgan fingerprint density at radius 3 is 2.79 bits per heavy atom. The van der Waals surface area contributed by atoms with Gasteiger partial charge >= 0.3 is 0 Å². The second kappa shape index (κ2) is 6.33. The Morgan fingerprint density at radius 1 is 1.37 bits per heavy atom. The molecule has 1 aliphatic carbocycles. The van der Waals surface area contributed by atoms with Gasteiger partial charge in [0, 0.05) is 11.6 Å². The molecule has 104 valence electrons. The fourth-order valence-corrected chi connectivity index (χ4v) is 3.12. The van der Waals surface area contributed by atoms with E-state index in [-0.39, 0.29) is 11.9 Å².